The first kappa shape index (κ1) is 16.2. The molecule has 20 heavy (non-hydrogen) atoms. The molecule has 0 amide bonds. The normalized spacial score (nSPS) is 28.5. The summed E-state index contributed by atoms with van der Waals surface area (Å²) in [5.41, 5.74) is 0. The molecule has 2 heterocycles. The van der Waals surface area contributed by atoms with Crippen LogP contribution in [0, 0.1) is 0 Å². The maximum absolute atomic E-state index is 4.39. The van der Waals surface area contributed by atoms with Gasteiger partial charge in [0.05, 0.1) is 0 Å². The van der Waals surface area contributed by atoms with Crippen molar-refractivity contribution < 1.29 is 0 Å². The molecule has 0 radical (unpaired) electrons. The van der Waals surface area contributed by atoms with E-state index in [4.69, 9.17) is 0 Å². The quantitative estimate of drug-likeness (QED) is 0.873. The van der Waals surface area contributed by atoms with E-state index in [2.05, 4.69) is 59.7 Å². The Morgan fingerprint density at radius 1 is 1.45 bits per heavy atom. The van der Waals surface area contributed by atoms with Crippen molar-refractivity contribution in [3.8, 4) is 0 Å². The van der Waals surface area contributed by atoms with Gasteiger partial charge in [0.15, 0.2) is 0 Å². The van der Waals surface area contributed by atoms with E-state index in [0.29, 0.717) is 11.3 Å². The third kappa shape index (κ3) is 4.15. The summed E-state index contributed by atoms with van der Waals surface area (Å²) >= 11 is 4.25. The lowest BCUT2D eigenvalue weighted by molar-refractivity contribution is 0.485. The summed E-state index contributed by atoms with van der Waals surface area (Å²) < 4.78 is 1.90. The fourth-order valence-electron chi connectivity index (χ4n) is 2.39. The second-order valence-electron chi connectivity index (χ2n) is 5.48. The lowest BCUT2D eigenvalue weighted by Gasteiger charge is -2.36. The van der Waals surface area contributed by atoms with Crippen molar-refractivity contribution in [2.24, 2.45) is 7.05 Å². The monoisotopic (exact) mass is 314 g/mol. The van der Waals surface area contributed by atoms with Gasteiger partial charge >= 0.3 is 0 Å². The first-order valence-corrected chi connectivity index (χ1v) is 9.44. The molecule has 4 unspecified atom stereocenters. The van der Waals surface area contributed by atoms with Gasteiger partial charge in [-0.1, -0.05) is 20.8 Å². The molecule has 1 aliphatic heterocycles. The predicted octanol–water partition coefficient (Wildman–Crippen LogP) is 2.35. The molecule has 1 aliphatic rings. The molecule has 0 spiro atoms. The molecular weight excluding hydrogens is 288 g/mol. The van der Waals surface area contributed by atoms with Crippen LogP contribution in [-0.2, 0) is 13.5 Å². The van der Waals surface area contributed by atoms with Gasteiger partial charge in [-0.05, 0) is 13.0 Å². The minimum atomic E-state index is 0.491. The Kier molecular flexibility index (Phi) is 6.23. The first-order valence-electron chi connectivity index (χ1n) is 7.45. The number of aryl methyl sites for hydroxylation is 1. The second kappa shape index (κ2) is 7.71. The topological polar surface area (TPSA) is 42.7 Å². The molecule has 4 atom stereocenters. The zero-order chi connectivity index (χ0) is 14.5. The van der Waals surface area contributed by atoms with Gasteiger partial charge in [-0.25, -0.2) is 4.98 Å². The largest absolute Gasteiger partial charge is 0.312 e. The number of thioether (sulfide) groups is 2. The van der Waals surface area contributed by atoms with Crippen molar-refractivity contribution in [3.05, 3.63) is 12.2 Å². The fourth-order valence-corrected chi connectivity index (χ4v) is 5.51. The summed E-state index contributed by atoms with van der Waals surface area (Å²) in [6, 6.07) is 0.491. The summed E-state index contributed by atoms with van der Waals surface area (Å²) in [6.07, 6.45) is 3.79. The van der Waals surface area contributed by atoms with Gasteiger partial charge in [0.1, 0.15) is 12.2 Å². The van der Waals surface area contributed by atoms with Gasteiger partial charge in [0.25, 0.3) is 0 Å². The third-order valence-electron chi connectivity index (χ3n) is 3.89. The molecule has 0 aromatic carbocycles. The Labute approximate surface area is 130 Å². The molecule has 1 aromatic heterocycles. The van der Waals surface area contributed by atoms with Gasteiger partial charge in [-0.3, -0.25) is 4.68 Å². The lowest BCUT2D eigenvalue weighted by Crippen LogP contribution is -2.45. The fraction of sp³-hybridized carbons (Fsp3) is 0.857. The average molecular weight is 315 g/mol. The summed E-state index contributed by atoms with van der Waals surface area (Å²) in [4.78, 5) is 4.39. The molecule has 1 N–H and O–H groups in total. The van der Waals surface area contributed by atoms with Crippen molar-refractivity contribution in [1.82, 2.24) is 20.1 Å². The van der Waals surface area contributed by atoms with Crippen molar-refractivity contribution in [3.63, 3.8) is 0 Å². The SMILES string of the molecule is CCCNC(Cc1ncnn1C)C1CSC(C)C(C)S1. The van der Waals surface area contributed by atoms with E-state index in [1.165, 1.54) is 12.2 Å². The highest BCUT2D eigenvalue weighted by atomic mass is 32.2. The van der Waals surface area contributed by atoms with Crippen LogP contribution in [0.15, 0.2) is 6.33 Å². The van der Waals surface area contributed by atoms with Crippen LogP contribution in [0.3, 0.4) is 0 Å². The van der Waals surface area contributed by atoms with Crippen molar-refractivity contribution in [2.75, 3.05) is 12.3 Å². The van der Waals surface area contributed by atoms with Crippen LogP contribution in [0.1, 0.15) is 33.0 Å². The van der Waals surface area contributed by atoms with Crippen LogP contribution in [0.2, 0.25) is 0 Å². The van der Waals surface area contributed by atoms with Gasteiger partial charge in [-0.15, -0.1) is 0 Å². The minimum Gasteiger partial charge on any atom is -0.312 e. The molecule has 0 bridgehead atoms. The van der Waals surface area contributed by atoms with Crippen LogP contribution in [0.4, 0.5) is 0 Å². The lowest BCUT2D eigenvalue weighted by atomic mass is 10.1. The van der Waals surface area contributed by atoms with Crippen LogP contribution in [0.25, 0.3) is 0 Å². The maximum atomic E-state index is 4.39. The zero-order valence-corrected chi connectivity index (χ0v) is 14.5. The Balaban J connectivity index is 2.01. The van der Waals surface area contributed by atoms with E-state index < -0.39 is 0 Å². The molecule has 1 fully saturated rings. The molecule has 114 valence electrons. The highest BCUT2D eigenvalue weighted by Crippen LogP contribution is 2.37. The van der Waals surface area contributed by atoms with Crippen molar-refractivity contribution in [2.45, 2.75) is 55.4 Å². The first-order chi connectivity index (χ1) is 9.61. The standard InChI is InChI=1S/C14H26N4S2/c1-5-6-15-12(7-14-16-9-17-18(14)4)13-8-19-10(2)11(3)20-13/h9-13,15H,5-8H2,1-4H3. The van der Waals surface area contributed by atoms with Gasteiger partial charge in [0, 0.05) is 41.0 Å². The second-order valence-corrected chi connectivity index (χ2v) is 8.51. The number of nitrogens with one attached hydrogen (secondary N) is 1. The van der Waals surface area contributed by atoms with Crippen LogP contribution < -0.4 is 5.32 Å². The highest BCUT2D eigenvalue weighted by Gasteiger charge is 2.31. The average Bonchev–Trinajstić information content (AvgIpc) is 2.83. The van der Waals surface area contributed by atoms with Crippen LogP contribution >= 0.6 is 23.5 Å². The number of rotatable bonds is 6. The number of nitrogens with zero attached hydrogens (tertiary/aromatic N) is 3. The Hall–Kier alpha value is -0.200. The van der Waals surface area contributed by atoms with Gasteiger partial charge < -0.3 is 5.32 Å². The number of hydrogen-bond donors (Lipinski definition) is 1. The summed E-state index contributed by atoms with van der Waals surface area (Å²) in [6.45, 7) is 8.00. The summed E-state index contributed by atoms with van der Waals surface area (Å²) in [5.74, 6) is 2.31. The smallest absolute Gasteiger partial charge is 0.138 e. The van der Waals surface area contributed by atoms with Gasteiger partial charge in [-0.2, -0.15) is 28.6 Å². The zero-order valence-electron chi connectivity index (χ0n) is 12.9. The molecule has 1 aromatic rings. The molecule has 1 saturated heterocycles. The summed E-state index contributed by atoms with van der Waals surface area (Å²) in [5, 5.41) is 10.1. The number of hydrogen-bond acceptors (Lipinski definition) is 5. The van der Waals surface area contributed by atoms with E-state index in [1.807, 2.05) is 11.7 Å². The maximum Gasteiger partial charge on any atom is 0.138 e. The molecule has 0 aliphatic carbocycles. The molecular formula is C14H26N4S2. The van der Waals surface area contributed by atoms with E-state index in [9.17, 15) is 0 Å². The summed E-state index contributed by atoms with van der Waals surface area (Å²) in [7, 11) is 1.98. The highest BCUT2D eigenvalue weighted by molar-refractivity contribution is 8.07. The molecule has 2 rings (SSSR count). The van der Waals surface area contributed by atoms with E-state index in [-0.39, 0.29) is 0 Å². The molecule has 6 heteroatoms. The number of aromatic nitrogens is 3. The molecule has 0 saturated carbocycles. The van der Waals surface area contributed by atoms with Crippen molar-refractivity contribution >= 4 is 23.5 Å². The minimum absolute atomic E-state index is 0.491. The molecule has 4 nitrogen and oxygen atoms in total. The van der Waals surface area contributed by atoms with Crippen LogP contribution in [0.5, 0.6) is 0 Å². The predicted molar refractivity (Wildman–Crippen MR) is 89.5 cm³/mol. The Bertz CT molecular complexity index is 410. The van der Waals surface area contributed by atoms with Gasteiger partial charge in [0.2, 0.25) is 0 Å². The van der Waals surface area contributed by atoms with Crippen molar-refractivity contribution in [1.29, 1.82) is 0 Å². The Morgan fingerprint density at radius 3 is 2.85 bits per heavy atom. The Morgan fingerprint density at radius 2 is 2.25 bits per heavy atom. The van der Waals surface area contributed by atoms with E-state index >= 15 is 0 Å². The third-order valence-corrected chi connectivity index (χ3v) is 7.44. The van der Waals surface area contributed by atoms with Crippen LogP contribution in [-0.4, -0.2) is 48.9 Å². The van der Waals surface area contributed by atoms with E-state index in [0.717, 1.165) is 29.3 Å². The van der Waals surface area contributed by atoms with E-state index in [1.54, 1.807) is 6.33 Å².